The summed E-state index contributed by atoms with van der Waals surface area (Å²) in [4.78, 5) is 2.63. The van der Waals surface area contributed by atoms with E-state index in [2.05, 4.69) is 204 Å². The summed E-state index contributed by atoms with van der Waals surface area (Å²) in [5, 5.41) is 6.98. The molecule has 1 aliphatic carbocycles. The molecule has 0 unspecified atom stereocenters. The van der Waals surface area contributed by atoms with Crippen molar-refractivity contribution in [3.8, 4) is 27.9 Å². The molecule has 4 nitrogen and oxygen atoms in total. The molecule has 0 spiro atoms. The molecule has 8 aromatic carbocycles. The van der Waals surface area contributed by atoms with Crippen LogP contribution in [0.1, 0.15) is 77.6 Å². The van der Waals surface area contributed by atoms with Crippen molar-refractivity contribution < 1.29 is 8.83 Å². The van der Waals surface area contributed by atoms with Gasteiger partial charge >= 0.3 is 6.85 Å². The highest BCUT2D eigenvalue weighted by atomic mass is 16.3. The third kappa shape index (κ3) is 4.54. The number of anilines is 2. The van der Waals surface area contributed by atoms with Crippen LogP contribution in [-0.4, -0.2) is 11.4 Å². The third-order valence-corrected chi connectivity index (χ3v) is 15.3. The Morgan fingerprint density at radius 2 is 1.22 bits per heavy atom. The number of furan rings is 2. The first-order valence-electron chi connectivity index (χ1n) is 22.9. The minimum Gasteiger partial charge on any atom is -0.456 e. The highest BCUT2D eigenvalue weighted by molar-refractivity contribution is 6.93. The monoisotopic (exact) mass is 826 g/mol. The number of nitrogens with zero attached hydrogens (tertiary/aromatic N) is 2. The Morgan fingerprint density at radius 3 is 2.03 bits per heavy atom. The van der Waals surface area contributed by atoms with Gasteiger partial charge < -0.3 is 18.2 Å². The Balaban J connectivity index is 1.16. The van der Waals surface area contributed by atoms with Crippen molar-refractivity contribution in [2.75, 3.05) is 4.81 Å². The summed E-state index contributed by atoms with van der Waals surface area (Å²) in [5.74, 6) is 0. The number of rotatable bonds is 1. The number of para-hydroxylation sites is 1. The molecule has 3 aliphatic rings. The van der Waals surface area contributed by atoms with Crippen LogP contribution in [0.4, 0.5) is 11.4 Å². The number of hydrogen-bond donors (Lipinski definition) is 0. The third-order valence-electron chi connectivity index (χ3n) is 15.3. The molecule has 5 heteroatoms. The first-order chi connectivity index (χ1) is 30.8. The summed E-state index contributed by atoms with van der Waals surface area (Å²) in [6.07, 6.45) is 0. The predicted molar refractivity (Wildman–Crippen MR) is 269 cm³/mol. The maximum atomic E-state index is 6.89. The Labute approximate surface area is 372 Å². The van der Waals surface area contributed by atoms with Gasteiger partial charge in [0.2, 0.25) is 0 Å². The summed E-state index contributed by atoms with van der Waals surface area (Å²) in [6.45, 7) is 18.4. The van der Waals surface area contributed by atoms with Gasteiger partial charge in [0.1, 0.15) is 22.3 Å². The van der Waals surface area contributed by atoms with E-state index in [1.54, 1.807) is 0 Å². The molecule has 2 aliphatic heterocycles. The van der Waals surface area contributed by atoms with Gasteiger partial charge in [-0.25, -0.2) is 0 Å². The highest BCUT2D eigenvalue weighted by Gasteiger charge is 2.47. The van der Waals surface area contributed by atoms with Crippen molar-refractivity contribution in [1.29, 1.82) is 0 Å². The van der Waals surface area contributed by atoms with Crippen LogP contribution in [0.3, 0.4) is 0 Å². The van der Waals surface area contributed by atoms with Crippen LogP contribution in [0.5, 0.6) is 0 Å². The van der Waals surface area contributed by atoms with Crippen LogP contribution >= 0.6 is 0 Å². The Morgan fingerprint density at radius 1 is 0.500 bits per heavy atom. The number of benzene rings is 8. The fourth-order valence-electron chi connectivity index (χ4n) is 12.0. The number of hydrogen-bond acceptors (Lipinski definition) is 3. The van der Waals surface area contributed by atoms with Crippen LogP contribution in [-0.2, 0) is 16.2 Å². The average molecular weight is 827 g/mol. The topological polar surface area (TPSA) is 34.5 Å². The Bertz CT molecular complexity index is 3900. The van der Waals surface area contributed by atoms with Crippen LogP contribution in [0.15, 0.2) is 148 Å². The van der Waals surface area contributed by atoms with Crippen LogP contribution in [0.25, 0.3) is 93.6 Å². The molecule has 0 radical (unpaired) electrons. The van der Waals surface area contributed by atoms with Crippen molar-refractivity contribution >= 4 is 94.8 Å². The van der Waals surface area contributed by atoms with E-state index < -0.39 is 0 Å². The van der Waals surface area contributed by atoms with Gasteiger partial charge in [-0.05, 0) is 115 Å². The van der Waals surface area contributed by atoms with Crippen LogP contribution in [0.2, 0.25) is 0 Å². The van der Waals surface area contributed by atoms with Gasteiger partial charge in [0.25, 0.3) is 0 Å². The molecule has 0 saturated carbocycles. The van der Waals surface area contributed by atoms with Crippen molar-refractivity contribution in [3.63, 3.8) is 0 Å². The van der Waals surface area contributed by atoms with E-state index in [0.29, 0.717) is 0 Å². The number of fused-ring (bicyclic) bond motifs is 18. The summed E-state index contributed by atoms with van der Waals surface area (Å²) < 4.78 is 16.3. The average Bonchev–Trinajstić information content (AvgIpc) is 4.00. The first-order valence-corrected chi connectivity index (χ1v) is 22.9. The fraction of sp³-hybridized carbons (Fsp3) is 0.186. The lowest BCUT2D eigenvalue weighted by Gasteiger charge is -2.42. The van der Waals surface area contributed by atoms with Gasteiger partial charge in [-0.3, -0.25) is 0 Å². The van der Waals surface area contributed by atoms with E-state index in [0.717, 1.165) is 55.3 Å². The summed E-state index contributed by atoms with van der Waals surface area (Å²) in [5.41, 5.74) is 22.6. The maximum Gasteiger partial charge on any atom is 0.333 e. The van der Waals surface area contributed by atoms with Crippen LogP contribution < -0.4 is 15.7 Å². The molecule has 11 aromatic rings. The van der Waals surface area contributed by atoms with Crippen molar-refractivity contribution in [2.24, 2.45) is 0 Å². The zero-order chi connectivity index (χ0) is 43.3. The van der Waals surface area contributed by atoms with Crippen molar-refractivity contribution in [1.82, 2.24) is 4.57 Å². The quantitative estimate of drug-likeness (QED) is 0.155. The first kappa shape index (κ1) is 36.5. The molecule has 0 fully saturated rings. The lowest BCUT2D eigenvalue weighted by atomic mass is 9.43. The molecular formula is C59H47BN2O2. The van der Waals surface area contributed by atoms with E-state index in [9.17, 15) is 0 Å². The highest BCUT2D eigenvalue weighted by Crippen LogP contribution is 2.53. The lowest BCUT2D eigenvalue weighted by molar-refractivity contribution is 0.590. The van der Waals surface area contributed by atoms with Gasteiger partial charge in [0.05, 0.1) is 16.4 Å². The fourth-order valence-corrected chi connectivity index (χ4v) is 12.0. The molecule has 64 heavy (non-hydrogen) atoms. The van der Waals surface area contributed by atoms with E-state index in [1.807, 2.05) is 0 Å². The molecule has 0 amide bonds. The number of aromatic nitrogens is 1. The minimum absolute atomic E-state index is 0.00635. The standard InChI is InChI=1S/C59H47BN2O2/c1-57(2,3)32-17-20-34(21-18-32)62-48-31-52-43(42-27-33(58(4,5)6)19-26-51(42)63-52)28-41(48)37-22-23-39-53-47(25-24-38-36-14-10-12-16-50(36)64-56(38)53)61-49-30-45-40(29-46(49)60(62)54(37)55(39)61)35-13-9-11-15-44(35)59(45,7)8/h9-31H,1-8H3. The molecule has 14 rings (SSSR count). The molecule has 0 saturated heterocycles. The second-order valence-corrected chi connectivity index (χ2v) is 21.3. The molecule has 0 bridgehead atoms. The SMILES string of the molecule is CC(C)(C)c1ccc(N2B3c4cc5c(cc4-n4c6ccc7c8ccccc8oc7c6c6ccc(c3c64)-c3cc4c(cc32)oc2ccc(C(C)(C)C)cc24)C(C)(C)c2ccccc2-5)cc1. The van der Waals surface area contributed by atoms with E-state index in [1.165, 1.54) is 82.9 Å². The van der Waals surface area contributed by atoms with Gasteiger partial charge in [0.15, 0.2) is 0 Å². The van der Waals surface area contributed by atoms with Gasteiger partial charge in [-0.1, -0.05) is 134 Å². The van der Waals surface area contributed by atoms with E-state index >= 15 is 0 Å². The zero-order valence-corrected chi connectivity index (χ0v) is 37.6. The van der Waals surface area contributed by atoms with Gasteiger partial charge in [-0.15, -0.1) is 0 Å². The Kier molecular flexibility index (Phi) is 6.72. The van der Waals surface area contributed by atoms with E-state index in [4.69, 9.17) is 8.83 Å². The summed E-state index contributed by atoms with van der Waals surface area (Å²) in [6, 6.07) is 52.9. The lowest BCUT2D eigenvalue weighted by Crippen LogP contribution is -2.60. The molecular weight excluding hydrogens is 779 g/mol. The van der Waals surface area contributed by atoms with Crippen molar-refractivity contribution in [2.45, 2.75) is 71.6 Å². The molecule has 5 heterocycles. The summed E-state index contributed by atoms with van der Waals surface area (Å²) >= 11 is 0. The van der Waals surface area contributed by atoms with E-state index in [-0.39, 0.29) is 23.1 Å². The zero-order valence-electron chi connectivity index (χ0n) is 37.6. The Hall–Kier alpha value is -6.98. The predicted octanol–water partition coefficient (Wildman–Crippen LogP) is 14.7. The van der Waals surface area contributed by atoms with Crippen molar-refractivity contribution in [3.05, 3.63) is 162 Å². The van der Waals surface area contributed by atoms with Crippen LogP contribution in [0, 0.1) is 0 Å². The van der Waals surface area contributed by atoms with Gasteiger partial charge in [0, 0.05) is 61.0 Å². The second-order valence-electron chi connectivity index (χ2n) is 21.3. The molecule has 3 aromatic heterocycles. The maximum absolute atomic E-state index is 6.89. The molecule has 308 valence electrons. The summed E-state index contributed by atoms with van der Waals surface area (Å²) in [7, 11) is 0. The minimum atomic E-state index is -0.168. The molecule has 0 N–H and O–H groups in total. The smallest absolute Gasteiger partial charge is 0.333 e. The van der Waals surface area contributed by atoms with Gasteiger partial charge in [-0.2, -0.15) is 0 Å². The largest absolute Gasteiger partial charge is 0.456 e. The second kappa shape index (κ2) is 11.8. The normalized spacial score (nSPS) is 14.9. The molecule has 0 atom stereocenters.